The summed E-state index contributed by atoms with van der Waals surface area (Å²) in [4.78, 5) is 10.7. The number of carbonyl (C=O) groups is 1. The van der Waals surface area contributed by atoms with E-state index in [1.54, 1.807) is 0 Å². The summed E-state index contributed by atoms with van der Waals surface area (Å²) in [5, 5.41) is 12.7. The number of rotatable bonds is 5. The third kappa shape index (κ3) is 3.36. The molecule has 2 aromatic rings. The van der Waals surface area contributed by atoms with Gasteiger partial charge in [0.05, 0.1) is 12.1 Å². The van der Waals surface area contributed by atoms with Crippen molar-refractivity contribution in [3.8, 4) is 0 Å². The summed E-state index contributed by atoms with van der Waals surface area (Å²) >= 11 is 6.11. The van der Waals surface area contributed by atoms with Crippen LogP contribution in [0.3, 0.4) is 0 Å². The fourth-order valence-electron chi connectivity index (χ4n) is 1.78. The smallest absolute Gasteiger partial charge is 0.338 e. The lowest BCUT2D eigenvalue weighted by Crippen LogP contribution is -2.18. The quantitative estimate of drug-likeness (QED) is 0.879. The van der Waals surface area contributed by atoms with Crippen molar-refractivity contribution < 1.29 is 14.3 Å². The first-order valence-corrected chi connectivity index (χ1v) is 6.24. The van der Waals surface area contributed by atoms with Crippen molar-refractivity contribution >= 4 is 17.6 Å². The average Bonchev–Trinajstić information content (AvgIpc) is 2.85. The molecule has 0 aliphatic heterocycles. The third-order valence-corrected chi connectivity index (χ3v) is 3.20. The molecule has 1 aromatic carbocycles. The van der Waals surface area contributed by atoms with Crippen molar-refractivity contribution in [1.82, 2.24) is 5.32 Å². The lowest BCUT2D eigenvalue weighted by molar-refractivity contribution is 0.0696. The zero-order valence-electron chi connectivity index (χ0n) is 10.4. The van der Waals surface area contributed by atoms with Gasteiger partial charge in [0.15, 0.2) is 0 Å². The van der Waals surface area contributed by atoms with Gasteiger partial charge in [-0.05, 0) is 24.6 Å². The van der Waals surface area contributed by atoms with E-state index in [0.29, 0.717) is 17.3 Å². The Morgan fingerprint density at radius 2 is 2.21 bits per heavy atom. The van der Waals surface area contributed by atoms with Gasteiger partial charge in [-0.25, -0.2) is 4.79 Å². The molecule has 100 valence electrons. The second-order valence-corrected chi connectivity index (χ2v) is 4.64. The number of furan rings is 1. The van der Waals surface area contributed by atoms with Gasteiger partial charge in [0.25, 0.3) is 0 Å². The zero-order valence-corrected chi connectivity index (χ0v) is 11.1. The SMILES string of the molecule is C[C@H](NCc1cc(C(=O)O)co1)c1ccccc1Cl. The minimum Gasteiger partial charge on any atom is -0.478 e. The molecule has 0 unspecified atom stereocenters. The maximum absolute atomic E-state index is 10.7. The lowest BCUT2D eigenvalue weighted by Gasteiger charge is -2.14. The van der Waals surface area contributed by atoms with Crippen molar-refractivity contribution in [2.75, 3.05) is 0 Å². The number of nitrogens with one attached hydrogen (secondary N) is 1. The highest BCUT2D eigenvalue weighted by molar-refractivity contribution is 6.31. The van der Waals surface area contributed by atoms with Crippen LogP contribution in [0, 0.1) is 0 Å². The molecule has 5 heteroatoms. The minimum atomic E-state index is -0.992. The molecule has 4 nitrogen and oxygen atoms in total. The van der Waals surface area contributed by atoms with Gasteiger partial charge in [0.1, 0.15) is 12.0 Å². The van der Waals surface area contributed by atoms with Crippen LogP contribution in [-0.2, 0) is 6.54 Å². The number of hydrogen-bond donors (Lipinski definition) is 2. The highest BCUT2D eigenvalue weighted by Crippen LogP contribution is 2.22. The van der Waals surface area contributed by atoms with E-state index < -0.39 is 5.97 Å². The largest absolute Gasteiger partial charge is 0.478 e. The normalized spacial score (nSPS) is 12.3. The van der Waals surface area contributed by atoms with E-state index >= 15 is 0 Å². The van der Waals surface area contributed by atoms with Crippen LogP contribution in [0.5, 0.6) is 0 Å². The Balaban J connectivity index is 1.98. The van der Waals surface area contributed by atoms with Gasteiger partial charge < -0.3 is 14.8 Å². The number of halogens is 1. The van der Waals surface area contributed by atoms with Crippen molar-refractivity contribution in [3.63, 3.8) is 0 Å². The Morgan fingerprint density at radius 1 is 1.47 bits per heavy atom. The van der Waals surface area contributed by atoms with Crippen molar-refractivity contribution in [3.05, 3.63) is 58.5 Å². The first-order chi connectivity index (χ1) is 9.08. The third-order valence-electron chi connectivity index (χ3n) is 2.85. The highest BCUT2D eigenvalue weighted by Gasteiger charge is 2.11. The fraction of sp³-hybridized carbons (Fsp3) is 0.214. The molecule has 0 fully saturated rings. The van der Waals surface area contributed by atoms with Gasteiger partial charge in [-0.1, -0.05) is 29.8 Å². The van der Waals surface area contributed by atoms with Crippen LogP contribution < -0.4 is 5.32 Å². The summed E-state index contributed by atoms with van der Waals surface area (Å²) in [5.74, 6) is -0.412. The van der Waals surface area contributed by atoms with Crippen molar-refractivity contribution in [2.45, 2.75) is 19.5 Å². The molecule has 0 bridgehead atoms. The summed E-state index contributed by atoms with van der Waals surface area (Å²) in [6.07, 6.45) is 1.24. The highest BCUT2D eigenvalue weighted by atomic mass is 35.5. The molecule has 0 saturated carbocycles. The number of aromatic carboxylic acids is 1. The second-order valence-electron chi connectivity index (χ2n) is 4.23. The molecule has 0 saturated heterocycles. The minimum absolute atomic E-state index is 0.0482. The predicted molar refractivity (Wildman–Crippen MR) is 72.4 cm³/mol. The molecular weight excluding hydrogens is 266 g/mol. The zero-order chi connectivity index (χ0) is 13.8. The predicted octanol–water partition coefficient (Wildman–Crippen LogP) is 3.48. The van der Waals surface area contributed by atoms with Crippen LogP contribution in [0.25, 0.3) is 0 Å². The van der Waals surface area contributed by atoms with E-state index in [9.17, 15) is 4.79 Å². The van der Waals surface area contributed by atoms with Crippen LogP contribution >= 0.6 is 11.6 Å². The molecule has 0 aliphatic rings. The molecule has 2 N–H and O–H groups in total. The van der Waals surface area contributed by atoms with E-state index in [1.807, 2.05) is 31.2 Å². The molecule has 0 spiro atoms. The second kappa shape index (κ2) is 5.91. The van der Waals surface area contributed by atoms with E-state index in [2.05, 4.69) is 5.32 Å². The monoisotopic (exact) mass is 279 g/mol. The standard InChI is InChI=1S/C14H14ClNO3/c1-9(12-4-2-3-5-13(12)15)16-7-11-6-10(8-19-11)14(17)18/h2-6,8-9,16H,7H2,1H3,(H,17,18)/t9-/m0/s1. The van der Waals surface area contributed by atoms with E-state index in [4.69, 9.17) is 21.1 Å². The summed E-state index contributed by atoms with van der Waals surface area (Å²) in [6.45, 7) is 2.43. The number of hydrogen-bond acceptors (Lipinski definition) is 3. The molecular formula is C14H14ClNO3. The molecule has 1 heterocycles. The Labute approximate surface area is 116 Å². The summed E-state index contributed by atoms with van der Waals surface area (Å²) < 4.78 is 5.17. The lowest BCUT2D eigenvalue weighted by atomic mass is 10.1. The van der Waals surface area contributed by atoms with Gasteiger partial charge in [0.2, 0.25) is 0 Å². The summed E-state index contributed by atoms with van der Waals surface area (Å²) in [7, 11) is 0. The number of benzene rings is 1. The van der Waals surface area contributed by atoms with Gasteiger partial charge in [0, 0.05) is 11.1 Å². The topological polar surface area (TPSA) is 62.5 Å². The molecule has 2 rings (SSSR count). The molecule has 19 heavy (non-hydrogen) atoms. The molecule has 0 amide bonds. The van der Waals surface area contributed by atoms with Crippen LogP contribution in [0.15, 0.2) is 41.0 Å². The Morgan fingerprint density at radius 3 is 2.84 bits per heavy atom. The number of carboxylic acid groups (broad SMARTS) is 1. The summed E-state index contributed by atoms with van der Waals surface area (Å²) in [5.41, 5.74) is 1.15. The molecule has 0 aliphatic carbocycles. The van der Waals surface area contributed by atoms with E-state index in [1.165, 1.54) is 12.3 Å². The van der Waals surface area contributed by atoms with Crippen LogP contribution in [0.4, 0.5) is 0 Å². The first-order valence-electron chi connectivity index (χ1n) is 5.86. The molecule has 1 aromatic heterocycles. The van der Waals surface area contributed by atoms with Crippen molar-refractivity contribution in [1.29, 1.82) is 0 Å². The Bertz CT molecular complexity index is 580. The Hall–Kier alpha value is -1.78. The van der Waals surface area contributed by atoms with Gasteiger partial charge in [-0.2, -0.15) is 0 Å². The average molecular weight is 280 g/mol. The maximum Gasteiger partial charge on any atom is 0.338 e. The van der Waals surface area contributed by atoms with Gasteiger partial charge >= 0.3 is 5.97 Å². The molecule has 0 radical (unpaired) electrons. The molecule has 1 atom stereocenters. The van der Waals surface area contributed by atoms with Gasteiger partial charge in [-0.15, -0.1) is 0 Å². The van der Waals surface area contributed by atoms with Crippen LogP contribution in [0.2, 0.25) is 5.02 Å². The van der Waals surface area contributed by atoms with E-state index in [-0.39, 0.29) is 11.6 Å². The maximum atomic E-state index is 10.7. The van der Waals surface area contributed by atoms with Crippen LogP contribution in [0.1, 0.15) is 34.6 Å². The van der Waals surface area contributed by atoms with Gasteiger partial charge in [-0.3, -0.25) is 0 Å². The van der Waals surface area contributed by atoms with Crippen molar-refractivity contribution in [2.24, 2.45) is 0 Å². The number of carboxylic acids is 1. The van der Waals surface area contributed by atoms with Crippen LogP contribution in [-0.4, -0.2) is 11.1 Å². The summed E-state index contributed by atoms with van der Waals surface area (Å²) in [6, 6.07) is 9.15. The first kappa shape index (κ1) is 13.6. The fourth-order valence-corrected chi connectivity index (χ4v) is 2.07. The van der Waals surface area contributed by atoms with E-state index in [0.717, 1.165) is 5.56 Å². The Kier molecular flexibility index (Phi) is 4.24.